The van der Waals surface area contributed by atoms with Crippen LogP contribution in [0.5, 0.6) is 0 Å². The second kappa shape index (κ2) is 5.86. The molecule has 1 rings (SSSR count). The molecule has 18 heavy (non-hydrogen) atoms. The lowest BCUT2D eigenvalue weighted by Crippen LogP contribution is -2.53. The fourth-order valence-corrected chi connectivity index (χ4v) is 1.82. The molecule has 1 aliphatic heterocycles. The van der Waals surface area contributed by atoms with Gasteiger partial charge in [0.25, 0.3) is 0 Å². The van der Waals surface area contributed by atoms with Crippen LogP contribution in [0.25, 0.3) is 0 Å². The van der Waals surface area contributed by atoms with Crippen LogP contribution in [0.1, 0.15) is 20.3 Å². The number of hydrogen-bond acceptors (Lipinski definition) is 3. The van der Waals surface area contributed by atoms with E-state index in [0.29, 0.717) is 6.42 Å². The highest BCUT2D eigenvalue weighted by Crippen LogP contribution is 2.28. The molecule has 0 aliphatic carbocycles. The van der Waals surface area contributed by atoms with Crippen molar-refractivity contribution in [3.05, 3.63) is 12.7 Å². The van der Waals surface area contributed by atoms with Gasteiger partial charge in [-0.1, -0.05) is 6.08 Å². The Bertz CT molecular complexity index is 345. The van der Waals surface area contributed by atoms with Crippen LogP contribution in [-0.4, -0.2) is 42.4 Å². The van der Waals surface area contributed by atoms with Crippen molar-refractivity contribution in [2.45, 2.75) is 32.4 Å². The van der Waals surface area contributed by atoms with E-state index in [4.69, 9.17) is 9.84 Å². The van der Waals surface area contributed by atoms with Crippen LogP contribution in [0.15, 0.2) is 12.7 Å². The summed E-state index contributed by atoms with van der Waals surface area (Å²) in [6.45, 7) is 7.33. The van der Waals surface area contributed by atoms with Crippen molar-refractivity contribution >= 4 is 12.0 Å². The average molecular weight is 256 g/mol. The van der Waals surface area contributed by atoms with Gasteiger partial charge in [-0.05, 0) is 20.3 Å². The van der Waals surface area contributed by atoms with E-state index in [1.165, 1.54) is 0 Å². The number of urea groups is 1. The Hall–Kier alpha value is -1.56. The van der Waals surface area contributed by atoms with Gasteiger partial charge >= 0.3 is 12.0 Å². The van der Waals surface area contributed by atoms with Gasteiger partial charge in [0.2, 0.25) is 0 Å². The lowest BCUT2D eigenvalue weighted by molar-refractivity contribution is -0.148. The highest BCUT2D eigenvalue weighted by Gasteiger charge is 2.47. The molecule has 0 spiro atoms. The summed E-state index contributed by atoms with van der Waals surface area (Å²) in [5.41, 5.74) is -1.07. The van der Waals surface area contributed by atoms with Crippen LogP contribution in [0.4, 0.5) is 4.79 Å². The largest absolute Gasteiger partial charge is 0.481 e. The number of carboxylic acid groups (broad SMARTS) is 1. The van der Waals surface area contributed by atoms with Crippen LogP contribution >= 0.6 is 0 Å². The predicted molar refractivity (Wildman–Crippen MR) is 66.3 cm³/mol. The number of nitrogens with one attached hydrogen (secondary N) is 2. The minimum atomic E-state index is -1.07. The monoisotopic (exact) mass is 256 g/mol. The number of rotatable bonds is 5. The molecule has 3 atom stereocenters. The van der Waals surface area contributed by atoms with Gasteiger partial charge in [0, 0.05) is 6.04 Å². The van der Waals surface area contributed by atoms with Crippen molar-refractivity contribution in [2.24, 2.45) is 5.41 Å². The van der Waals surface area contributed by atoms with E-state index in [2.05, 4.69) is 17.2 Å². The molecule has 6 nitrogen and oxygen atoms in total. The molecule has 0 aromatic carbocycles. The molecular weight excluding hydrogens is 236 g/mol. The smallest absolute Gasteiger partial charge is 0.315 e. The third-order valence-electron chi connectivity index (χ3n) is 3.15. The molecule has 0 saturated carbocycles. The first-order valence-corrected chi connectivity index (χ1v) is 5.89. The van der Waals surface area contributed by atoms with E-state index in [0.717, 1.165) is 0 Å². The van der Waals surface area contributed by atoms with Crippen molar-refractivity contribution < 1.29 is 19.4 Å². The molecule has 0 aromatic heterocycles. The van der Waals surface area contributed by atoms with Crippen molar-refractivity contribution in [3.63, 3.8) is 0 Å². The maximum atomic E-state index is 11.7. The molecule has 3 N–H and O–H groups in total. The van der Waals surface area contributed by atoms with Gasteiger partial charge in [-0.3, -0.25) is 4.79 Å². The number of ether oxygens (including phenoxy) is 1. The summed E-state index contributed by atoms with van der Waals surface area (Å²) in [6.07, 6.45) is 2.37. The molecule has 1 fully saturated rings. The van der Waals surface area contributed by atoms with Crippen LogP contribution in [0, 0.1) is 5.41 Å². The number of carboxylic acids is 1. The van der Waals surface area contributed by atoms with E-state index in [9.17, 15) is 9.59 Å². The summed E-state index contributed by atoms with van der Waals surface area (Å²) in [5, 5.41) is 14.5. The standard InChI is InChI=1S/C12H20N2O4/c1-4-5-8(2)13-11(17)14-9-6-18-7-12(9,3)10(15)16/h4,8-9H,1,5-7H2,2-3H3,(H,15,16)(H2,13,14,17). The van der Waals surface area contributed by atoms with Gasteiger partial charge in [-0.15, -0.1) is 6.58 Å². The first-order valence-electron chi connectivity index (χ1n) is 5.89. The van der Waals surface area contributed by atoms with E-state index in [1.807, 2.05) is 6.92 Å². The summed E-state index contributed by atoms with van der Waals surface area (Å²) in [4.78, 5) is 22.9. The lowest BCUT2D eigenvalue weighted by atomic mass is 9.85. The molecule has 1 aliphatic rings. The fraction of sp³-hybridized carbons (Fsp3) is 0.667. The Labute approximate surface area is 106 Å². The Morgan fingerprint density at radius 2 is 2.33 bits per heavy atom. The van der Waals surface area contributed by atoms with Crippen LogP contribution in [0.2, 0.25) is 0 Å². The number of aliphatic carboxylic acids is 1. The van der Waals surface area contributed by atoms with Crippen molar-refractivity contribution in [2.75, 3.05) is 13.2 Å². The minimum Gasteiger partial charge on any atom is -0.481 e. The predicted octanol–water partition coefficient (Wildman–Crippen LogP) is 0.740. The normalized spacial score (nSPS) is 28.4. The van der Waals surface area contributed by atoms with E-state index in [-0.39, 0.29) is 25.3 Å². The molecule has 2 amide bonds. The molecule has 102 valence electrons. The van der Waals surface area contributed by atoms with Crippen LogP contribution in [0.3, 0.4) is 0 Å². The third kappa shape index (κ3) is 3.22. The topological polar surface area (TPSA) is 87.7 Å². The molecule has 0 bridgehead atoms. The van der Waals surface area contributed by atoms with Crippen molar-refractivity contribution in [3.8, 4) is 0 Å². The van der Waals surface area contributed by atoms with E-state index < -0.39 is 17.4 Å². The van der Waals surface area contributed by atoms with Gasteiger partial charge in [0.15, 0.2) is 0 Å². The van der Waals surface area contributed by atoms with Crippen LogP contribution < -0.4 is 10.6 Å². The summed E-state index contributed by atoms with van der Waals surface area (Å²) >= 11 is 0. The number of amides is 2. The lowest BCUT2D eigenvalue weighted by Gasteiger charge is -2.26. The Morgan fingerprint density at radius 3 is 2.89 bits per heavy atom. The quantitative estimate of drug-likeness (QED) is 0.633. The second-order valence-electron chi connectivity index (χ2n) is 4.83. The van der Waals surface area contributed by atoms with E-state index >= 15 is 0 Å². The van der Waals surface area contributed by atoms with Gasteiger partial charge in [0.1, 0.15) is 5.41 Å². The molecule has 1 saturated heterocycles. The summed E-state index contributed by atoms with van der Waals surface area (Å²) in [6, 6.07) is -0.945. The summed E-state index contributed by atoms with van der Waals surface area (Å²) in [5.74, 6) is -0.968. The zero-order valence-electron chi connectivity index (χ0n) is 10.7. The molecule has 3 unspecified atom stereocenters. The van der Waals surface area contributed by atoms with Gasteiger partial charge in [0.05, 0.1) is 19.3 Å². The van der Waals surface area contributed by atoms with Gasteiger partial charge in [-0.25, -0.2) is 4.79 Å². The number of hydrogen-bond donors (Lipinski definition) is 3. The van der Waals surface area contributed by atoms with Crippen LogP contribution in [-0.2, 0) is 9.53 Å². The Balaban J connectivity index is 2.54. The molecule has 6 heteroatoms. The van der Waals surface area contributed by atoms with E-state index in [1.54, 1.807) is 13.0 Å². The second-order valence-corrected chi connectivity index (χ2v) is 4.83. The number of carbonyl (C=O) groups is 2. The summed E-state index contributed by atoms with van der Waals surface area (Å²) < 4.78 is 5.15. The first-order chi connectivity index (χ1) is 8.40. The Kier molecular flexibility index (Phi) is 4.72. The molecule has 0 aromatic rings. The fourth-order valence-electron chi connectivity index (χ4n) is 1.82. The Morgan fingerprint density at radius 1 is 1.67 bits per heavy atom. The SMILES string of the molecule is C=CCC(C)NC(=O)NC1COCC1(C)C(=O)O. The molecule has 1 heterocycles. The van der Waals surface area contributed by atoms with Gasteiger partial charge in [-0.2, -0.15) is 0 Å². The maximum absolute atomic E-state index is 11.7. The summed E-state index contributed by atoms with van der Waals surface area (Å²) in [7, 11) is 0. The third-order valence-corrected chi connectivity index (χ3v) is 3.15. The van der Waals surface area contributed by atoms with Gasteiger partial charge < -0.3 is 20.5 Å². The van der Waals surface area contributed by atoms with Crippen molar-refractivity contribution in [1.29, 1.82) is 0 Å². The zero-order valence-corrected chi connectivity index (χ0v) is 10.7. The number of carbonyl (C=O) groups excluding carboxylic acids is 1. The first kappa shape index (κ1) is 14.5. The average Bonchev–Trinajstić information content (AvgIpc) is 2.61. The maximum Gasteiger partial charge on any atom is 0.315 e. The zero-order chi connectivity index (χ0) is 13.8. The van der Waals surface area contributed by atoms with Crippen molar-refractivity contribution in [1.82, 2.24) is 10.6 Å². The highest BCUT2D eigenvalue weighted by molar-refractivity contribution is 5.79. The minimum absolute atomic E-state index is 0.0408. The highest BCUT2D eigenvalue weighted by atomic mass is 16.5. The molecular formula is C12H20N2O4. The molecule has 0 radical (unpaired) electrons.